The lowest BCUT2D eigenvalue weighted by Crippen LogP contribution is -1.97. The second kappa shape index (κ2) is 89.6. The average Bonchev–Trinajstić information content (AvgIpc) is 3.33. The first-order valence-corrected chi connectivity index (χ1v) is 35.2. The van der Waals surface area contributed by atoms with Crippen molar-refractivity contribution in [2.45, 2.75) is 450 Å². The van der Waals surface area contributed by atoms with Crippen molar-refractivity contribution in [1.29, 1.82) is 0 Å². The van der Waals surface area contributed by atoms with Crippen LogP contribution in [-0.2, 0) is 0 Å². The van der Waals surface area contributed by atoms with Crippen molar-refractivity contribution in [1.82, 2.24) is 0 Å². The highest BCUT2D eigenvalue weighted by molar-refractivity contribution is 4.60. The summed E-state index contributed by atoms with van der Waals surface area (Å²) >= 11 is 0. The van der Waals surface area contributed by atoms with Crippen LogP contribution in [0.3, 0.4) is 0 Å². The molecule has 7 fully saturated rings. The molecule has 0 heteroatoms. The minimum absolute atomic E-state index is 1.02. The van der Waals surface area contributed by atoms with Crippen molar-refractivity contribution < 1.29 is 0 Å². The van der Waals surface area contributed by atoms with Gasteiger partial charge in [-0.05, 0) is 11.8 Å². The molecule has 0 aromatic rings. The Labute approximate surface area is 459 Å². The molecule has 7 saturated carbocycles. The highest BCUT2D eigenvalue weighted by atomic mass is 14.1. The lowest BCUT2D eigenvalue weighted by atomic mass is 9.93. The van der Waals surface area contributed by atoms with E-state index >= 15 is 0 Å². The number of hydrogen-bond acceptors (Lipinski definition) is 0. The predicted octanol–water partition coefficient (Wildman–Crippen LogP) is 28.9. The molecule has 7 aliphatic rings. The summed E-state index contributed by atoms with van der Waals surface area (Å²) in [6.07, 6.45) is 82.1. The summed E-state index contributed by atoms with van der Waals surface area (Å²) in [5.41, 5.74) is 0. The molecule has 0 bridgehead atoms. The number of rotatable bonds is 0. The number of hydrogen-bond donors (Lipinski definition) is 0. The van der Waals surface area contributed by atoms with Crippen LogP contribution in [-0.4, -0.2) is 0 Å². The maximum absolute atomic E-state index is 2.39. The van der Waals surface area contributed by atoms with Gasteiger partial charge in [-0.15, -0.1) is 0 Å². The molecule has 0 aliphatic heterocycles. The Bertz CT molecular complexity index is 475. The van der Waals surface area contributed by atoms with Crippen molar-refractivity contribution in [3.63, 3.8) is 0 Å². The van der Waals surface area contributed by atoms with Crippen LogP contribution in [0.2, 0.25) is 0 Å². The Balaban J connectivity index is -0.000000167. The molecule has 0 nitrogen and oxygen atoms in total. The van der Waals surface area contributed by atoms with Crippen LogP contribution in [0.1, 0.15) is 450 Å². The van der Waals surface area contributed by atoms with Gasteiger partial charge in [-0.2, -0.15) is 0 Å². The van der Waals surface area contributed by atoms with Gasteiger partial charge in [0.1, 0.15) is 0 Å². The van der Waals surface area contributed by atoms with Gasteiger partial charge in [-0.25, -0.2) is 0 Å². The van der Waals surface area contributed by atoms with Gasteiger partial charge in [-0.1, -0.05) is 450 Å². The zero-order valence-corrected chi connectivity index (χ0v) is 54.0. The van der Waals surface area contributed by atoms with Gasteiger partial charge in [0.25, 0.3) is 0 Å². The smallest absolute Gasteiger partial charge is 0.0443 e. The Morgan fingerprint density at radius 2 is 0.211 bits per heavy atom. The normalized spacial score (nSPS) is 20.5. The van der Waals surface area contributed by atoms with E-state index in [2.05, 4.69) is 27.7 Å². The van der Waals surface area contributed by atoms with Crippen molar-refractivity contribution >= 4 is 0 Å². The van der Waals surface area contributed by atoms with Gasteiger partial charge < -0.3 is 0 Å². The summed E-state index contributed by atoms with van der Waals surface area (Å²) in [5.74, 6) is 2.04. The van der Waals surface area contributed by atoms with E-state index in [4.69, 9.17) is 0 Å². The van der Waals surface area contributed by atoms with Crippen LogP contribution in [0.5, 0.6) is 0 Å². The standard InChI is InChI=1S/2C9H18.5C8H16.C3H8.5C2H6/c2*1-9-7-5-3-2-4-6-8-9;5*1-2-4-6-8-7-5-3-1;1-3-2;5*1-2/h2*9H,2-8H2,1H3;5*1-8H2;3H2,1-2H3;5*1-2H3. The highest BCUT2D eigenvalue weighted by Crippen LogP contribution is 2.23. The predicted molar refractivity (Wildman–Crippen MR) is 340 cm³/mol. The Morgan fingerprint density at radius 3 is 0.282 bits per heavy atom. The molecule has 0 radical (unpaired) electrons. The third-order valence-corrected chi connectivity index (χ3v) is 14.8. The van der Waals surface area contributed by atoms with E-state index in [9.17, 15) is 0 Å². The van der Waals surface area contributed by atoms with E-state index in [1.165, 1.54) is 353 Å². The van der Waals surface area contributed by atoms with Crippen molar-refractivity contribution in [3.8, 4) is 0 Å². The highest BCUT2D eigenvalue weighted by Gasteiger charge is 2.06. The van der Waals surface area contributed by atoms with Crippen molar-refractivity contribution in [2.75, 3.05) is 0 Å². The molecule has 0 unspecified atom stereocenters. The monoisotopic (exact) mass is 1010 g/mol. The lowest BCUT2D eigenvalue weighted by molar-refractivity contribution is 0.404. The van der Waals surface area contributed by atoms with Crippen LogP contribution >= 0.6 is 0 Å². The zero-order valence-electron chi connectivity index (χ0n) is 54.0. The Morgan fingerprint density at radius 1 is 0.155 bits per heavy atom. The maximum Gasteiger partial charge on any atom is -0.0443 e. The summed E-state index contributed by atoms with van der Waals surface area (Å²) in [7, 11) is 0. The van der Waals surface area contributed by atoms with Gasteiger partial charge in [0, 0.05) is 0 Å². The van der Waals surface area contributed by atoms with Crippen molar-refractivity contribution in [2.24, 2.45) is 11.8 Å². The van der Waals surface area contributed by atoms with Crippen LogP contribution in [0.4, 0.5) is 0 Å². The quantitative estimate of drug-likeness (QED) is 0.227. The summed E-state index contributed by atoms with van der Waals surface area (Å²) < 4.78 is 0. The summed E-state index contributed by atoms with van der Waals surface area (Å²) in [6, 6.07) is 0. The Hall–Kier alpha value is 0. The molecule has 0 amide bonds. The fraction of sp³-hybridized carbons (Fsp3) is 1.00. The first kappa shape index (κ1) is 82.3. The molecule has 7 rings (SSSR count). The minimum atomic E-state index is 1.02. The minimum Gasteiger partial charge on any atom is -0.0683 e. The van der Waals surface area contributed by atoms with Crippen LogP contribution in [0.15, 0.2) is 0 Å². The van der Waals surface area contributed by atoms with E-state index in [-0.39, 0.29) is 0 Å². The molecule has 0 aromatic heterocycles. The summed E-state index contributed by atoms with van der Waals surface area (Å²) in [5, 5.41) is 0. The molecule has 0 atom stereocenters. The van der Waals surface area contributed by atoms with Gasteiger partial charge in [-0.3, -0.25) is 0 Å². The van der Waals surface area contributed by atoms with Gasteiger partial charge in [0.15, 0.2) is 0 Å². The largest absolute Gasteiger partial charge is 0.0683 e. The van der Waals surface area contributed by atoms with Crippen molar-refractivity contribution in [3.05, 3.63) is 0 Å². The molecule has 438 valence electrons. The van der Waals surface area contributed by atoms with E-state index < -0.39 is 0 Å². The molecule has 0 heterocycles. The second-order valence-corrected chi connectivity index (χ2v) is 21.7. The van der Waals surface area contributed by atoms with Gasteiger partial charge >= 0.3 is 0 Å². The molecule has 71 heavy (non-hydrogen) atoms. The van der Waals surface area contributed by atoms with E-state index in [1.807, 2.05) is 69.2 Å². The Kier molecular flexibility index (Phi) is 104. The zero-order chi connectivity index (χ0) is 54.0. The van der Waals surface area contributed by atoms with E-state index in [1.54, 1.807) is 0 Å². The third-order valence-electron chi connectivity index (χ3n) is 14.8. The van der Waals surface area contributed by atoms with Gasteiger partial charge in [0.2, 0.25) is 0 Å². The maximum atomic E-state index is 2.39. The molecule has 7 aliphatic carbocycles. The van der Waals surface area contributed by atoms with E-state index in [0.717, 1.165) is 11.8 Å². The lowest BCUT2D eigenvalue weighted by Gasteiger charge is -2.13. The summed E-state index contributed by atoms with van der Waals surface area (Å²) in [4.78, 5) is 0. The molecule has 0 saturated heterocycles. The second-order valence-electron chi connectivity index (χ2n) is 21.7. The fourth-order valence-electron chi connectivity index (χ4n) is 10.4. The average molecular weight is 1010 g/mol. The fourth-order valence-corrected chi connectivity index (χ4v) is 10.4. The summed E-state index contributed by atoms with van der Waals surface area (Å²) in [6.45, 7) is 29.0. The topological polar surface area (TPSA) is 0 Å². The van der Waals surface area contributed by atoms with Crippen LogP contribution in [0.25, 0.3) is 0 Å². The molecular weight excluding hydrogens is 853 g/mol. The molecular formula is C71H154. The molecule has 0 spiro atoms. The molecule has 0 N–H and O–H groups in total. The van der Waals surface area contributed by atoms with Crippen LogP contribution < -0.4 is 0 Å². The SMILES string of the molecule is C1CCCCCCC1.C1CCCCCCC1.C1CCCCCCC1.C1CCCCCCC1.C1CCCCCCC1.CC.CC.CC.CC.CC.CC1CCCCCCC1.CC1CCCCCCC1.CCC. The first-order chi connectivity index (χ1) is 35.2. The molecule has 0 aromatic carbocycles. The van der Waals surface area contributed by atoms with E-state index in [0.29, 0.717) is 0 Å². The van der Waals surface area contributed by atoms with Crippen LogP contribution in [0, 0.1) is 11.8 Å². The first-order valence-electron chi connectivity index (χ1n) is 35.2. The van der Waals surface area contributed by atoms with Gasteiger partial charge in [0.05, 0.1) is 0 Å². The third kappa shape index (κ3) is 89.9.